The molecular formula is C31H36N2O4. The highest BCUT2D eigenvalue weighted by Crippen LogP contribution is 2.21. The van der Waals surface area contributed by atoms with Gasteiger partial charge in [0.1, 0.15) is 12.4 Å². The van der Waals surface area contributed by atoms with E-state index in [2.05, 4.69) is 47.7 Å². The Kier molecular flexibility index (Phi) is 9.72. The molecule has 0 radical (unpaired) electrons. The van der Waals surface area contributed by atoms with E-state index in [-0.39, 0.29) is 12.5 Å². The van der Waals surface area contributed by atoms with Gasteiger partial charge in [0.2, 0.25) is 0 Å². The molecule has 6 heteroatoms. The van der Waals surface area contributed by atoms with Crippen molar-refractivity contribution in [2.24, 2.45) is 11.1 Å². The van der Waals surface area contributed by atoms with Crippen molar-refractivity contribution in [1.29, 1.82) is 0 Å². The van der Waals surface area contributed by atoms with Crippen LogP contribution in [-0.2, 0) is 27.4 Å². The van der Waals surface area contributed by atoms with Crippen LogP contribution in [0.3, 0.4) is 0 Å². The number of carbonyl (C=O) groups excluding carboxylic acids is 1. The molecule has 3 aromatic carbocycles. The van der Waals surface area contributed by atoms with E-state index >= 15 is 0 Å². The van der Waals surface area contributed by atoms with Gasteiger partial charge in [-0.2, -0.15) is 0 Å². The average molecular weight is 501 g/mol. The van der Waals surface area contributed by atoms with E-state index in [1.165, 1.54) is 5.56 Å². The van der Waals surface area contributed by atoms with Crippen molar-refractivity contribution in [2.45, 2.75) is 39.7 Å². The lowest BCUT2D eigenvalue weighted by atomic mass is 10.0. The van der Waals surface area contributed by atoms with Gasteiger partial charge in [-0.05, 0) is 60.9 Å². The number of rotatable bonds is 11. The summed E-state index contributed by atoms with van der Waals surface area (Å²) in [5.74, 6) is 1.10. The molecule has 1 heterocycles. The Hall–Kier alpha value is -3.64. The largest absolute Gasteiger partial charge is 0.484 e. The molecule has 0 unspecified atom stereocenters. The smallest absolute Gasteiger partial charge is 0.257 e. The summed E-state index contributed by atoms with van der Waals surface area (Å²) >= 11 is 0. The molecular weight excluding hydrogens is 464 g/mol. The minimum atomic E-state index is -0.0980. The van der Waals surface area contributed by atoms with Crippen LogP contribution in [0, 0.1) is 19.8 Å². The summed E-state index contributed by atoms with van der Waals surface area (Å²) in [6, 6.07) is 24.3. The molecule has 4 rings (SSSR count). The Bertz CT molecular complexity index is 1170. The molecule has 1 amide bonds. The number of hydrogen-bond donors (Lipinski definition) is 1. The van der Waals surface area contributed by atoms with Gasteiger partial charge in [0.25, 0.3) is 5.91 Å². The lowest BCUT2D eigenvalue weighted by Crippen LogP contribution is -2.35. The molecule has 1 N–H and O–H groups in total. The van der Waals surface area contributed by atoms with Crippen LogP contribution in [0.5, 0.6) is 5.75 Å². The van der Waals surface area contributed by atoms with E-state index in [4.69, 9.17) is 14.3 Å². The first-order valence-corrected chi connectivity index (χ1v) is 12.9. The highest BCUT2D eigenvalue weighted by Gasteiger charge is 2.15. The van der Waals surface area contributed by atoms with Crippen molar-refractivity contribution in [3.05, 3.63) is 101 Å². The van der Waals surface area contributed by atoms with Gasteiger partial charge in [-0.1, -0.05) is 77.4 Å². The quantitative estimate of drug-likeness (QED) is 0.283. The van der Waals surface area contributed by atoms with Gasteiger partial charge in [-0.25, -0.2) is 0 Å². The predicted octanol–water partition coefficient (Wildman–Crippen LogP) is 5.39. The van der Waals surface area contributed by atoms with Crippen LogP contribution < -0.4 is 10.1 Å². The van der Waals surface area contributed by atoms with E-state index in [9.17, 15) is 4.79 Å². The number of hydrogen-bond acceptors (Lipinski definition) is 5. The van der Waals surface area contributed by atoms with Crippen molar-refractivity contribution in [2.75, 3.05) is 26.4 Å². The highest BCUT2D eigenvalue weighted by molar-refractivity contribution is 6.01. The molecule has 0 bridgehead atoms. The maximum atomic E-state index is 12.3. The van der Waals surface area contributed by atoms with Crippen LogP contribution in [0.1, 0.15) is 40.7 Å². The number of ether oxygens (including phenoxy) is 2. The molecule has 0 saturated carbocycles. The Balaban J connectivity index is 1.34. The summed E-state index contributed by atoms with van der Waals surface area (Å²) in [6.45, 7) is 6.71. The highest BCUT2D eigenvalue weighted by atomic mass is 16.6. The molecule has 1 aliphatic heterocycles. The number of nitrogens with zero attached hydrogens (tertiary/aromatic N) is 1. The molecule has 1 fully saturated rings. The fraction of sp³-hybridized carbons (Fsp3) is 0.355. The second kappa shape index (κ2) is 13.6. The number of amides is 1. The van der Waals surface area contributed by atoms with Crippen molar-refractivity contribution in [3.63, 3.8) is 0 Å². The van der Waals surface area contributed by atoms with E-state index < -0.39 is 0 Å². The zero-order valence-electron chi connectivity index (χ0n) is 21.7. The van der Waals surface area contributed by atoms with Crippen molar-refractivity contribution in [1.82, 2.24) is 5.32 Å². The van der Waals surface area contributed by atoms with Crippen LogP contribution in [-0.4, -0.2) is 38.0 Å². The minimum absolute atomic E-state index is 0.00693. The van der Waals surface area contributed by atoms with Crippen molar-refractivity contribution < 1.29 is 19.1 Å². The maximum Gasteiger partial charge on any atom is 0.257 e. The average Bonchev–Trinajstić information content (AvgIpc) is 2.93. The molecule has 0 spiro atoms. The molecule has 1 aliphatic rings. The summed E-state index contributed by atoms with van der Waals surface area (Å²) < 4.78 is 11.2. The normalized spacial score (nSPS) is 14.3. The zero-order valence-corrected chi connectivity index (χ0v) is 21.7. The third-order valence-electron chi connectivity index (χ3n) is 6.53. The number of oxime groups is 1. The molecule has 1 saturated heterocycles. The second-order valence-corrected chi connectivity index (χ2v) is 9.59. The van der Waals surface area contributed by atoms with Gasteiger partial charge in [0.05, 0.1) is 5.71 Å². The summed E-state index contributed by atoms with van der Waals surface area (Å²) in [7, 11) is 0. The molecule has 6 nitrogen and oxygen atoms in total. The van der Waals surface area contributed by atoms with Gasteiger partial charge in [0, 0.05) is 26.2 Å². The minimum Gasteiger partial charge on any atom is -0.484 e. The number of nitrogens with one attached hydrogen (secondary N) is 1. The third kappa shape index (κ3) is 8.46. The zero-order chi connectivity index (χ0) is 25.9. The van der Waals surface area contributed by atoms with E-state index in [1.54, 1.807) is 0 Å². The second-order valence-electron chi connectivity index (χ2n) is 9.59. The van der Waals surface area contributed by atoms with Crippen LogP contribution in [0.15, 0.2) is 78.0 Å². The lowest BCUT2D eigenvalue weighted by Gasteiger charge is -2.22. The number of carbonyl (C=O) groups is 1. The molecule has 37 heavy (non-hydrogen) atoms. The molecule has 0 atom stereocenters. The fourth-order valence-corrected chi connectivity index (χ4v) is 4.27. The van der Waals surface area contributed by atoms with Gasteiger partial charge < -0.3 is 19.6 Å². The van der Waals surface area contributed by atoms with E-state index in [1.807, 2.05) is 49.4 Å². The number of benzene rings is 3. The Morgan fingerprint density at radius 2 is 1.70 bits per heavy atom. The Labute approximate surface area is 219 Å². The van der Waals surface area contributed by atoms with Gasteiger partial charge in [-0.15, -0.1) is 0 Å². The van der Waals surface area contributed by atoms with Crippen molar-refractivity contribution >= 4 is 11.6 Å². The van der Waals surface area contributed by atoms with E-state index in [0.29, 0.717) is 31.2 Å². The van der Waals surface area contributed by atoms with Crippen LogP contribution >= 0.6 is 0 Å². The SMILES string of the molecule is Cc1ccc(CON=C(Cc2ccc(OCC(=O)NCC3CCOCC3)c(C)c2)c2ccccc2)cc1. The van der Waals surface area contributed by atoms with Crippen LogP contribution in [0.25, 0.3) is 0 Å². The predicted molar refractivity (Wildman–Crippen MR) is 146 cm³/mol. The first-order chi connectivity index (χ1) is 18.1. The number of aryl methyl sites for hydroxylation is 2. The topological polar surface area (TPSA) is 69.2 Å². The van der Waals surface area contributed by atoms with Crippen LogP contribution in [0.2, 0.25) is 0 Å². The summed E-state index contributed by atoms with van der Waals surface area (Å²) in [6.07, 6.45) is 2.60. The summed E-state index contributed by atoms with van der Waals surface area (Å²) in [5, 5.41) is 7.48. The monoisotopic (exact) mass is 500 g/mol. The van der Waals surface area contributed by atoms with Crippen LogP contribution in [0.4, 0.5) is 0 Å². The first-order valence-electron chi connectivity index (χ1n) is 12.9. The van der Waals surface area contributed by atoms with Gasteiger partial charge >= 0.3 is 0 Å². The van der Waals surface area contributed by atoms with Gasteiger partial charge in [-0.3, -0.25) is 4.79 Å². The Morgan fingerprint density at radius 3 is 2.43 bits per heavy atom. The maximum absolute atomic E-state index is 12.3. The molecule has 3 aromatic rings. The standard InChI is InChI=1S/C31H36N2O4/c1-23-8-10-26(11-9-23)21-37-33-29(28-6-4-3-5-7-28)19-27-12-13-30(24(2)18-27)36-22-31(34)32-20-25-14-16-35-17-15-25/h3-13,18,25H,14-17,19-22H2,1-2H3,(H,32,34). The molecule has 194 valence electrons. The summed E-state index contributed by atoms with van der Waals surface area (Å²) in [5.41, 5.74) is 6.24. The van der Waals surface area contributed by atoms with E-state index in [0.717, 1.165) is 54.0 Å². The fourth-order valence-electron chi connectivity index (χ4n) is 4.27. The third-order valence-corrected chi connectivity index (χ3v) is 6.53. The van der Waals surface area contributed by atoms with Crippen molar-refractivity contribution in [3.8, 4) is 5.75 Å². The molecule has 0 aliphatic carbocycles. The lowest BCUT2D eigenvalue weighted by molar-refractivity contribution is -0.123. The molecule has 0 aromatic heterocycles. The first kappa shape index (κ1) is 26.4. The van der Waals surface area contributed by atoms with Gasteiger partial charge in [0.15, 0.2) is 6.61 Å². The summed E-state index contributed by atoms with van der Waals surface area (Å²) in [4.78, 5) is 18.0. The Morgan fingerprint density at radius 1 is 0.973 bits per heavy atom.